The van der Waals surface area contributed by atoms with Gasteiger partial charge in [0.1, 0.15) is 30.4 Å². The molecule has 6 fully saturated rings. The van der Waals surface area contributed by atoms with Crippen molar-refractivity contribution in [3.63, 3.8) is 0 Å². The average Bonchev–Trinajstić information content (AvgIpc) is 1.63. The number of anilines is 1. The van der Waals surface area contributed by atoms with Crippen LogP contribution in [0, 0.1) is 55.7 Å². The van der Waals surface area contributed by atoms with Gasteiger partial charge >= 0.3 is 25.4 Å². The zero-order valence-corrected chi connectivity index (χ0v) is 65.3. The third-order valence-corrected chi connectivity index (χ3v) is 26.6. The SMILES string of the molecule is CCN1C(=O)C(=S)S/C1=c1\c(=O)s/c(=c2/sc(=CC3CCC(C#Cc4c5nc(c(C6CCC(OC)CC6)c6ccc([n-]6)c(N(C6CCC(C(C)(C)C)CC6)C6CCC(C(C)(C)C)CC6)c6nc(c(C7CCC(OC)CC7)c7ccc4[n-]7)C=C6)C=C5)CC3)c(=O)n2CC(=O)O)n1CC.[Zn+2]. The molecule has 0 spiro atoms. The van der Waals surface area contributed by atoms with E-state index in [1.54, 1.807) is 4.57 Å². The van der Waals surface area contributed by atoms with Crippen molar-refractivity contribution < 1.29 is 43.6 Å². The second-order valence-corrected chi connectivity index (χ2v) is 34.3. The van der Waals surface area contributed by atoms with Crippen LogP contribution >= 0.6 is 46.7 Å². The molecule has 8 heterocycles. The minimum Gasteiger partial charge on any atom is -0.656 e. The van der Waals surface area contributed by atoms with E-state index in [4.69, 9.17) is 41.6 Å². The van der Waals surface area contributed by atoms with Crippen molar-refractivity contribution in [2.45, 2.75) is 233 Å². The van der Waals surface area contributed by atoms with E-state index in [2.05, 4.69) is 107 Å². The third kappa shape index (κ3) is 14.8. The molecule has 0 radical (unpaired) electrons. The Hall–Kier alpha value is -5.52. The zero-order valence-electron chi connectivity index (χ0n) is 59.0. The van der Waals surface area contributed by atoms with E-state index in [-0.39, 0.29) is 81.0 Å². The number of nitrogens with zero attached hydrogens (tertiary/aromatic N) is 8. The summed E-state index contributed by atoms with van der Waals surface area (Å²) >= 11 is 8.64. The smallest absolute Gasteiger partial charge is 0.656 e. The van der Waals surface area contributed by atoms with Gasteiger partial charge < -0.3 is 34.0 Å². The normalized spacial score (nSPS) is 26.5. The predicted octanol–water partition coefficient (Wildman–Crippen LogP) is 14.7. The average molecular weight is 1450 g/mol. The first kappa shape index (κ1) is 72.3. The van der Waals surface area contributed by atoms with Gasteiger partial charge in [-0.05, 0) is 218 Å². The fourth-order valence-corrected chi connectivity index (χ4v) is 21.1. The van der Waals surface area contributed by atoms with Crippen LogP contribution in [-0.2, 0) is 51.6 Å². The number of thioether (sulfide) groups is 1. The number of thiazole rings is 2. The molecule has 5 aliphatic carbocycles. The molecule has 1 N–H and O–H groups in total. The van der Waals surface area contributed by atoms with Gasteiger partial charge in [-0.15, -0.1) is 33.4 Å². The van der Waals surface area contributed by atoms with Crippen LogP contribution in [0.15, 0.2) is 33.9 Å². The Bertz CT molecular complexity index is 4470. The molecule has 5 aromatic heterocycles. The maximum atomic E-state index is 14.4. The molecule has 0 atom stereocenters. The van der Waals surface area contributed by atoms with Gasteiger partial charge in [0.05, 0.1) is 39.5 Å². The molecular weight excluding hydrogens is 1350 g/mol. The first-order valence-electron chi connectivity index (χ1n) is 36.0. The zero-order chi connectivity index (χ0) is 68.2. The molecule has 0 unspecified atom stereocenters. The van der Waals surface area contributed by atoms with Gasteiger partial charge in [0.25, 0.3) is 16.2 Å². The maximum Gasteiger partial charge on any atom is 2.00 e. The molecule has 1 amide bonds. The molecule has 516 valence electrons. The molecule has 0 aromatic carbocycles. The molecule has 1 saturated heterocycles. The Morgan fingerprint density at radius 1 is 0.653 bits per heavy atom. The summed E-state index contributed by atoms with van der Waals surface area (Å²) in [6.45, 7) is 18.4. The molecule has 5 saturated carbocycles. The number of ether oxygens (including phenoxy) is 2. The number of carboxylic acid groups (broad SMARTS) is 1. The van der Waals surface area contributed by atoms with Crippen molar-refractivity contribution >= 4 is 126 Å². The number of fused-ring (bicyclic) bond motifs is 8. The van der Waals surface area contributed by atoms with Crippen molar-refractivity contribution in [3.8, 4) is 11.8 Å². The van der Waals surface area contributed by atoms with Crippen molar-refractivity contribution in [1.82, 2.24) is 34.0 Å². The monoisotopic (exact) mass is 1450 g/mol. The molecule has 98 heavy (non-hydrogen) atoms. The van der Waals surface area contributed by atoms with Gasteiger partial charge in [-0.2, -0.15) is 0 Å². The molecular formula is C78H96N8O7S4Zn. The number of aromatic nitrogens is 6. The van der Waals surface area contributed by atoms with Crippen LogP contribution in [0.25, 0.3) is 57.5 Å². The van der Waals surface area contributed by atoms with E-state index >= 15 is 0 Å². The van der Waals surface area contributed by atoms with Crippen molar-refractivity contribution in [2.24, 2.45) is 34.5 Å². The predicted molar refractivity (Wildman–Crippen MR) is 399 cm³/mol. The fourth-order valence-electron chi connectivity index (χ4n) is 17.3. The number of rotatable bonds is 12. The number of amides is 1. The Kier molecular flexibility index (Phi) is 22.3. The van der Waals surface area contributed by atoms with Gasteiger partial charge in [-0.3, -0.25) is 28.6 Å². The number of carbonyl (C=O) groups excluding carboxylic acids is 1. The minimum atomic E-state index is -1.16. The summed E-state index contributed by atoms with van der Waals surface area (Å²) in [7, 11) is 3.68. The summed E-state index contributed by atoms with van der Waals surface area (Å²) in [5, 5.41) is 10.9. The van der Waals surface area contributed by atoms with Crippen LogP contribution in [0.3, 0.4) is 0 Å². The Balaban J connectivity index is 0.00000914. The third-order valence-electron chi connectivity index (χ3n) is 22.9. The van der Waals surface area contributed by atoms with E-state index in [1.165, 1.54) is 63.3 Å². The molecule has 15 nitrogen and oxygen atoms in total. The summed E-state index contributed by atoms with van der Waals surface area (Å²) in [5.41, 5.74) is 11.8. The van der Waals surface area contributed by atoms with E-state index in [1.807, 2.05) is 34.1 Å². The van der Waals surface area contributed by atoms with Crippen LogP contribution in [0.1, 0.15) is 235 Å². The summed E-state index contributed by atoms with van der Waals surface area (Å²) in [4.78, 5) is 81.1. The van der Waals surface area contributed by atoms with Crippen LogP contribution < -0.4 is 35.1 Å². The fraction of sp³-hybridized carbons (Fsp3) is 0.577. The molecule has 5 aromatic rings. The minimum absolute atomic E-state index is 0. The van der Waals surface area contributed by atoms with Gasteiger partial charge in [-0.1, -0.05) is 119 Å². The standard InChI is InChI=1S/C78H98N8O7S4.Zn/c1-11-83-69(72-84(12-2)71(90)76(94)97-72)75(91)96-73(83)74-85(44-65(87)88)70(89)64(95-74)43-46-15-13-45(14-16-46)17-34-55-56-35-37-58(79-56)66(47-18-30-53(92-9)31-19-47)60-39-41-62(81-60)68(63-42-40-61(82-63)67(59-38-36-57(55)80-59)48-20-32-54(93-10)33-21-48)86(51-26-22-49(23-27-51)77(3,4)5)52-28-24-50(25-29-52)78(6,7)8;/h35-43,45-54H,11-16,18-33,44H2,1-10H3,(H3,79,80,81,82,87,88,90,94);/q;+2/p-2/b56-55?,57-55?,64-43?,66-58?,66-60?,67-59?,67-61?,68-62?,68-63?,72-69+,74-73+;. The quantitative estimate of drug-likeness (QED) is 0.0694. The van der Waals surface area contributed by atoms with E-state index in [0.29, 0.717) is 61.2 Å². The first-order chi connectivity index (χ1) is 46.6. The second-order valence-electron chi connectivity index (χ2n) is 30.6. The van der Waals surface area contributed by atoms with Crippen molar-refractivity contribution in [2.75, 3.05) is 25.7 Å². The van der Waals surface area contributed by atoms with E-state index < -0.39 is 18.1 Å². The summed E-state index contributed by atoms with van der Waals surface area (Å²) < 4.78 is 16.2. The number of carboxylic acids is 1. The number of aliphatic carboxylic acids is 1. The number of carbonyl (C=O) groups is 2. The molecule has 8 aliphatic rings. The summed E-state index contributed by atoms with van der Waals surface area (Å²) in [5.74, 6) is 7.93. The first-order valence-corrected chi connectivity index (χ1v) is 38.8. The van der Waals surface area contributed by atoms with Crippen LogP contribution in [0.2, 0.25) is 0 Å². The molecule has 20 heteroatoms. The Labute approximate surface area is 606 Å². The van der Waals surface area contributed by atoms with Crippen molar-refractivity contribution in [1.29, 1.82) is 0 Å². The van der Waals surface area contributed by atoms with Gasteiger partial charge in [-0.25, -0.2) is 9.97 Å². The van der Waals surface area contributed by atoms with Crippen LogP contribution in [-0.4, -0.2) is 90.2 Å². The molecule has 13 rings (SSSR count). The van der Waals surface area contributed by atoms with Crippen molar-refractivity contribution in [3.05, 3.63) is 103 Å². The summed E-state index contributed by atoms with van der Waals surface area (Å²) in [6.07, 6.45) is 31.7. The number of hydrogen-bond donors (Lipinski definition) is 1. The van der Waals surface area contributed by atoms with Gasteiger partial charge in [0, 0.05) is 56.6 Å². The maximum absolute atomic E-state index is 14.4. The molecule has 3 aliphatic heterocycles. The van der Waals surface area contributed by atoms with Crippen LogP contribution in [0.4, 0.5) is 5.69 Å². The van der Waals surface area contributed by atoms with E-state index in [9.17, 15) is 24.3 Å². The summed E-state index contributed by atoms with van der Waals surface area (Å²) in [6, 6.07) is 9.68. The van der Waals surface area contributed by atoms with Gasteiger partial charge in [0.15, 0.2) is 0 Å². The topological polar surface area (TPSA) is 177 Å². The second kappa shape index (κ2) is 30.2. The Morgan fingerprint density at radius 2 is 1.15 bits per heavy atom. The molecule has 8 bridgehead atoms. The number of methoxy groups -OCH3 is 2. The number of hydrogen-bond acceptors (Lipinski definition) is 13. The largest absolute Gasteiger partial charge is 2.00 e. The van der Waals surface area contributed by atoms with Gasteiger partial charge in [0.2, 0.25) is 0 Å². The Morgan fingerprint density at radius 3 is 1.67 bits per heavy atom. The van der Waals surface area contributed by atoms with E-state index in [0.717, 1.165) is 176 Å². The number of thiocarbonyl (C=S) groups is 1. The van der Waals surface area contributed by atoms with Crippen LogP contribution in [0.5, 0.6) is 0 Å².